The van der Waals surface area contributed by atoms with Crippen LogP contribution >= 0.6 is 22.9 Å². The predicted octanol–water partition coefficient (Wildman–Crippen LogP) is 3.15. The van der Waals surface area contributed by atoms with E-state index in [1.165, 1.54) is 4.88 Å². The van der Waals surface area contributed by atoms with E-state index >= 15 is 0 Å². The molecule has 1 fully saturated rings. The first kappa shape index (κ1) is 15.6. The minimum Gasteiger partial charge on any atom is -0.444 e. The third-order valence-corrected chi connectivity index (χ3v) is 4.26. The Morgan fingerprint density at radius 1 is 1.50 bits per heavy atom. The van der Waals surface area contributed by atoms with Crippen molar-refractivity contribution in [2.45, 2.75) is 38.8 Å². The molecule has 0 aromatic carbocycles. The van der Waals surface area contributed by atoms with Crippen LogP contribution < -0.4 is 5.32 Å². The van der Waals surface area contributed by atoms with Gasteiger partial charge in [-0.05, 0) is 39.3 Å². The summed E-state index contributed by atoms with van der Waals surface area (Å²) in [5.74, 6) is 0. The number of likely N-dealkylation sites (tertiary alicyclic amines) is 1. The van der Waals surface area contributed by atoms with Gasteiger partial charge >= 0.3 is 6.09 Å². The number of nitrogens with zero attached hydrogens (tertiary/aromatic N) is 1. The highest BCUT2D eigenvalue weighted by atomic mass is 35.5. The molecule has 2 heterocycles. The van der Waals surface area contributed by atoms with E-state index in [2.05, 4.69) is 11.4 Å². The van der Waals surface area contributed by atoms with E-state index in [0.29, 0.717) is 6.04 Å². The maximum absolute atomic E-state index is 11.7. The maximum Gasteiger partial charge on any atom is 0.410 e. The Balaban J connectivity index is 1.61. The van der Waals surface area contributed by atoms with Crippen molar-refractivity contribution in [3.05, 3.63) is 21.3 Å². The van der Waals surface area contributed by atoms with Gasteiger partial charge in [-0.25, -0.2) is 4.79 Å². The molecule has 1 N–H and O–H groups in total. The summed E-state index contributed by atoms with van der Waals surface area (Å²) in [6, 6.07) is 4.36. The molecule has 1 aliphatic heterocycles. The fraction of sp³-hybridized carbons (Fsp3) is 0.643. The monoisotopic (exact) mass is 316 g/mol. The second kappa shape index (κ2) is 6.33. The number of ether oxygens (including phenoxy) is 1. The predicted molar refractivity (Wildman–Crippen MR) is 82.6 cm³/mol. The topological polar surface area (TPSA) is 41.6 Å². The van der Waals surface area contributed by atoms with Gasteiger partial charge in [-0.1, -0.05) is 11.6 Å². The Morgan fingerprint density at radius 3 is 2.75 bits per heavy atom. The van der Waals surface area contributed by atoms with E-state index < -0.39 is 5.60 Å². The number of hydrogen-bond donors (Lipinski definition) is 1. The molecular formula is C14H21ClN2O2S. The summed E-state index contributed by atoms with van der Waals surface area (Å²) >= 11 is 7.50. The minimum absolute atomic E-state index is 0.222. The quantitative estimate of drug-likeness (QED) is 0.927. The summed E-state index contributed by atoms with van der Waals surface area (Å²) in [5, 5.41) is 3.44. The molecule has 4 nitrogen and oxygen atoms in total. The highest BCUT2D eigenvalue weighted by molar-refractivity contribution is 7.16. The lowest BCUT2D eigenvalue weighted by Crippen LogP contribution is -2.60. The smallest absolute Gasteiger partial charge is 0.410 e. The van der Waals surface area contributed by atoms with E-state index in [4.69, 9.17) is 16.3 Å². The van der Waals surface area contributed by atoms with Gasteiger partial charge < -0.3 is 15.0 Å². The molecule has 1 amide bonds. The Bertz CT molecular complexity index is 464. The number of hydrogen-bond acceptors (Lipinski definition) is 4. The normalized spacial score (nSPS) is 16.1. The summed E-state index contributed by atoms with van der Waals surface area (Å²) in [6.45, 7) is 8.00. The SMILES string of the molecule is CC(C)(C)OC(=O)N1CC(NCCc2ccc(Cl)s2)C1. The number of halogens is 1. The largest absolute Gasteiger partial charge is 0.444 e. The Kier molecular flexibility index (Phi) is 4.94. The lowest BCUT2D eigenvalue weighted by atomic mass is 10.1. The minimum atomic E-state index is -0.423. The summed E-state index contributed by atoms with van der Waals surface area (Å²) in [7, 11) is 0. The Morgan fingerprint density at radius 2 is 2.20 bits per heavy atom. The van der Waals surface area contributed by atoms with Crippen LogP contribution in [0.2, 0.25) is 4.34 Å². The maximum atomic E-state index is 11.7. The third-order valence-electron chi connectivity index (χ3n) is 2.97. The molecule has 0 aliphatic carbocycles. The second-order valence-corrected chi connectivity index (χ2v) is 7.79. The molecule has 0 saturated carbocycles. The standard InChI is InChI=1S/C14H21ClN2O2S/c1-14(2,3)19-13(18)17-8-10(9-17)16-7-6-11-4-5-12(15)20-11/h4-5,10,16H,6-9H2,1-3H3. The second-order valence-electron chi connectivity index (χ2n) is 5.99. The van der Waals surface area contributed by atoms with Crippen molar-refractivity contribution >= 4 is 29.0 Å². The molecule has 1 aliphatic rings. The molecule has 0 atom stereocenters. The van der Waals surface area contributed by atoms with Crippen LogP contribution in [-0.4, -0.2) is 42.3 Å². The highest BCUT2D eigenvalue weighted by Gasteiger charge is 2.33. The molecule has 1 saturated heterocycles. The van der Waals surface area contributed by atoms with Crippen molar-refractivity contribution < 1.29 is 9.53 Å². The van der Waals surface area contributed by atoms with E-state index in [1.54, 1.807) is 16.2 Å². The fourth-order valence-electron chi connectivity index (χ4n) is 1.97. The molecular weight excluding hydrogens is 296 g/mol. The van der Waals surface area contributed by atoms with Crippen LogP contribution in [0.4, 0.5) is 4.79 Å². The van der Waals surface area contributed by atoms with Gasteiger partial charge in [0.05, 0.1) is 4.34 Å². The van der Waals surface area contributed by atoms with Crippen LogP contribution in [0.15, 0.2) is 12.1 Å². The van der Waals surface area contributed by atoms with E-state index in [-0.39, 0.29) is 6.09 Å². The third kappa shape index (κ3) is 4.65. The molecule has 0 spiro atoms. The van der Waals surface area contributed by atoms with Crippen molar-refractivity contribution in [2.75, 3.05) is 19.6 Å². The van der Waals surface area contributed by atoms with Gasteiger partial charge in [0.15, 0.2) is 0 Å². The van der Waals surface area contributed by atoms with E-state index in [0.717, 1.165) is 30.4 Å². The molecule has 0 unspecified atom stereocenters. The molecule has 20 heavy (non-hydrogen) atoms. The first-order valence-corrected chi connectivity index (χ1v) is 7.98. The van der Waals surface area contributed by atoms with E-state index in [1.807, 2.05) is 26.8 Å². The molecule has 112 valence electrons. The molecule has 0 radical (unpaired) electrons. The molecule has 2 rings (SSSR count). The number of carbonyl (C=O) groups excluding carboxylic acids is 1. The summed E-state index contributed by atoms with van der Waals surface area (Å²) in [4.78, 5) is 14.8. The van der Waals surface area contributed by atoms with Crippen molar-refractivity contribution in [2.24, 2.45) is 0 Å². The van der Waals surface area contributed by atoms with Gasteiger partial charge in [-0.3, -0.25) is 0 Å². The first-order chi connectivity index (χ1) is 9.33. The fourth-order valence-corrected chi connectivity index (χ4v) is 3.06. The summed E-state index contributed by atoms with van der Waals surface area (Å²) in [5.41, 5.74) is -0.423. The number of amides is 1. The summed E-state index contributed by atoms with van der Waals surface area (Å²) in [6.07, 6.45) is 0.751. The Hall–Kier alpha value is -0.780. The van der Waals surface area contributed by atoms with Crippen LogP contribution in [-0.2, 0) is 11.2 Å². The molecule has 1 aromatic heterocycles. The Labute approximate surface area is 129 Å². The van der Waals surface area contributed by atoms with Crippen molar-refractivity contribution in [3.8, 4) is 0 Å². The van der Waals surface area contributed by atoms with Gasteiger partial charge in [-0.2, -0.15) is 0 Å². The molecule has 6 heteroatoms. The van der Waals surface area contributed by atoms with Gasteiger partial charge in [0.2, 0.25) is 0 Å². The number of carbonyl (C=O) groups is 1. The van der Waals surface area contributed by atoms with Crippen molar-refractivity contribution in [1.82, 2.24) is 10.2 Å². The molecule has 1 aromatic rings. The van der Waals surface area contributed by atoms with Crippen LogP contribution in [0.3, 0.4) is 0 Å². The number of rotatable bonds is 4. The first-order valence-electron chi connectivity index (χ1n) is 6.79. The van der Waals surface area contributed by atoms with Crippen molar-refractivity contribution in [3.63, 3.8) is 0 Å². The number of nitrogens with one attached hydrogen (secondary N) is 1. The average molecular weight is 317 g/mol. The van der Waals surface area contributed by atoms with E-state index in [9.17, 15) is 4.79 Å². The van der Waals surface area contributed by atoms with Crippen LogP contribution in [0.25, 0.3) is 0 Å². The van der Waals surface area contributed by atoms with Gasteiger partial charge in [0.1, 0.15) is 5.60 Å². The van der Waals surface area contributed by atoms with Crippen LogP contribution in [0.5, 0.6) is 0 Å². The lowest BCUT2D eigenvalue weighted by Gasteiger charge is -2.40. The van der Waals surface area contributed by atoms with Crippen LogP contribution in [0.1, 0.15) is 25.6 Å². The van der Waals surface area contributed by atoms with Crippen LogP contribution in [0, 0.1) is 0 Å². The zero-order valence-corrected chi connectivity index (χ0v) is 13.7. The number of thiophene rings is 1. The van der Waals surface area contributed by atoms with Gasteiger partial charge in [-0.15, -0.1) is 11.3 Å². The van der Waals surface area contributed by atoms with Gasteiger partial charge in [0.25, 0.3) is 0 Å². The molecule has 0 bridgehead atoms. The zero-order chi connectivity index (χ0) is 14.8. The zero-order valence-electron chi connectivity index (χ0n) is 12.1. The lowest BCUT2D eigenvalue weighted by molar-refractivity contribution is 0.00543. The van der Waals surface area contributed by atoms with Crippen molar-refractivity contribution in [1.29, 1.82) is 0 Å². The average Bonchev–Trinajstić information content (AvgIpc) is 2.64. The highest BCUT2D eigenvalue weighted by Crippen LogP contribution is 2.21. The summed E-state index contributed by atoms with van der Waals surface area (Å²) < 4.78 is 6.15. The van der Waals surface area contributed by atoms with Gasteiger partial charge in [0, 0.05) is 30.6 Å².